The van der Waals surface area contributed by atoms with Gasteiger partial charge in [-0.3, -0.25) is 4.79 Å². The lowest BCUT2D eigenvalue weighted by atomic mass is 9.79. The molecule has 3 nitrogen and oxygen atoms in total. The van der Waals surface area contributed by atoms with Crippen LogP contribution >= 0.6 is 0 Å². The minimum Gasteiger partial charge on any atom is -0.481 e. The minimum atomic E-state index is -0.751. The number of benzene rings is 1. The number of carboxylic acids is 1. The van der Waals surface area contributed by atoms with Gasteiger partial charge in [-0.05, 0) is 24.8 Å². The van der Waals surface area contributed by atoms with Crippen molar-refractivity contribution >= 4 is 5.97 Å². The molecule has 1 N–H and O–H groups in total. The highest BCUT2D eigenvalue weighted by Gasteiger charge is 2.37. The first-order chi connectivity index (χ1) is 8.64. The van der Waals surface area contributed by atoms with Gasteiger partial charge >= 0.3 is 5.97 Å². The van der Waals surface area contributed by atoms with E-state index in [9.17, 15) is 9.90 Å². The Morgan fingerprint density at radius 2 is 1.94 bits per heavy atom. The molecule has 0 amide bonds. The van der Waals surface area contributed by atoms with Crippen LogP contribution in [0.25, 0.3) is 0 Å². The van der Waals surface area contributed by atoms with Crippen LogP contribution in [-0.4, -0.2) is 24.8 Å². The van der Waals surface area contributed by atoms with Crippen LogP contribution in [0.2, 0.25) is 0 Å². The van der Waals surface area contributed by atoms with Crippen LogP contribution in [0.15, 0.2) is 30.3 Å². The van der Waals surface area contributed by atoms with Gasteiger partial charge in [0.2, 0.25) is 0 Å². The van der Waals surface area contributed by atoms with Gasteiger partial charge in [-0.1, -0.05) is 43.7 Å². The molecular formula is C15H22O3. The fraction of sp³-hybridized carbons (Fsp3) is 0.533. The standard InChI is InChI=1S/C15H22O3/c1-3-10-15(12-18-2,14(16)17)11-9-13-7-5-4-6-8-13/h4-8H,3,9-12H2,1-2H3,(H,16,17). The molecule has 0 radical (unpaired) electrons. The second-order valence-corrected chi connectivity index (χ2v) is 4.75. The van der Waals surface area contributed by atoms with Gasteiger partial charge in [0.1, 0.15) is 0 Å². The quantitative estimate of drug-likeness (QED) is 0.771. The van der Waals surface area contributed by atoms with Gasteiger partial charge in [0.15, 0.2) is 0 Å². The second kappa shape index (κ2) is 7.17. The van der Waals surface area contributed by atoms with Gasteiger partial charge in [-0.15, -0.1) is 0 Å². The molecular weight excluding hydrogens is 228 g/mol. The summed E-state index contributed by atoms with van der Waals surface area (Å²) in [6, 6.07) is 9.99. The lowest BCUT2D eigenvalue weighted by Crippen LogP contribution is -2.36. The zero-order valence-electron chi connectivity index (χ0n) is 11.2. The van der Waals surface area contributed by atoms with Gasteiger partial charge < -0.3 is 9.84 Å². The van der Waals surface area contributed by atoms with Crippen molar-refractivity contribution in [3.8, 4) is 0 Å². The highest BCUT2D eigenvalue weighted by Crippen LogP contribution is 2.31. The zero-order valence-corrected chi connectivity index (χ0v) is 11.2. The first kappa shape index (κ1) is 14.7. The Hall–Kier alpha value is -1.35. The molecule has 18 heavy (non-hydrogen) atoms. The van der Waals surface area contributed by atoms with E-state index in [2.05, 4.69) is 0 Å². The topological polar surface area (TPSA) is 46.5 Å². The summed E-state index contributed by atoms with van der Waals surface area (Å²) in [6.45, 7) is 2.29. The first-order valence-electron chi connectivity index (χ1n) is 6.41. The molecule has 0 aliphatic carbocycles. The molecule has 1 rings (SSSR count). The molecule has 1 aromatic carbocycles. The molecule has 1 aromatic rings. The van der Waals surface area contributed by atoms with Crippen molar-refractivity contribution in [2.75, 3.05) is 13.7 Å². The molecule has 0 fully saturated rings. The molecule has 0 saturated heterocycles. The molecule has 0 heterocycles. The van der Waals surface area contributed by atoms with E-state index in [1.54, 1.807) is 7.11 Å². The maximum atomic E-state index is 11.5. The van der Waals surface area contributed by atoms with Crippen molar-refractivity contribution in [1.82, 2.24) is 0 Å². The number of rotatable bonds is 8. The van der Waals surface area contributed by atoms with Crippen LogP contribution in [0.3, 0.4) is 0 Å². The third-order valence-corrected chi connectivity index (χ3v) is 3.34. The van der Waals surface area contributed by atoms with E-state index in [0.29, 0.717) is 12.8 Å². The zero-order chi connectivity index (χ0) is 13.4. The smallest absolute Gasteiger partial charge is 0.311 e. The Balaban J connectivity index is 2.74. The number of aliphatic carboxylic acids is 1. The number of carbonyl (C=O) groups is 1. The lowest BCUT2D eigenvalue weighted by Gasteiger charge is -2.28. The molecule has 0 aromatic heterocycles. The van der Waals surface area contributed by atoms with Gasteiger partial charge in [-0.25, -0.2) is 0 Å². The van der Waals surface area contributed by atoms with E-state index in [1.807, 2.05) is 37.3 Å². The highest BCUT2D eigenvalue weighted by molar-refractivity contribution is 5.74. The van der Waals surface area contributed by atoms with Gasteiger partial charge in [0.05, 0.1) is 12.0 Å². The van der Waals surface area contributed by atoms with E-state index < -0.39 is 11.4 Å². The van der Waals surface area contributed by atoms with Crippen LogP contribution in [0.4, 0.5) is 0 Å². The molecule has 0 aliphatic heterocycles. The van der Waals surface area contributed by atoms with Crippen molar-refractivity contribution in [3.05, 3.63) is 35.9 Å². The number of aryl methyl sites for hydroxylation is 1. The van der Waals surface area contributed by atoms with Crippen molar-refractivity contribution in [2.45, 2.75) is 32.6 Å². The third-order valence-electron chi connectivity index (χ3n) is 3.34. The predicted octanol–water partition coefficient (Wildman–Crippen LogP) is 3.14. The molecule has 1 unspecified atom stereocenters. The van der Waals surface area contributed by atoms with E-state index in [-0.39, 0.29) is 6.61 Å². The van der Waals surface area contributed by atoms with Gasteiger partial charge in [0, 0.05) is 7.11 Å². The summed E-state index contributed by atoms with van der Waals surface area (Å²) in [5.74, 6) is -0.748. The van der Waals surface area contributed by atoms with Crippen molar-refractivity contribution in [3.63, 3.8) is 0 Å². The van der Waals surface area contributed by atoms with Crippen LogP contribution < -0.4 is 0 Å². The monoisotopic (exact) mass is 250 g/mol. The Morgan fingerprint density at radius 3 is 2.44 bits per heavy atom. The van der Waals surface area contributed by atoms with Gasteiger partial charge in [0.25, 0.3) is 0 Å². The lowest BCUT2D eigenvalue weighted by molar-refractivity contribution is -0.153. The molecule has 0 aliphatic rings. The van der Waals surface area contributed by atoms with Crippen molar-refractivity contribution < 1.29 is 14.6 Å². The van der Waals surface area contributed by atoms with Crippen molar-refractivity contribution in [2.24, 2.45) is 5.41 Å². The summed E-state index contributed by atoms with van der Waals surface area (Å²) in [5, 5.41) is 9.48. The SMILES string of the molecule is CCCC(CCc1ccccc1)(COC)C(=O)O. The summed E-state index contributed by atoms with van der Waals surface area (Å²) >= 11 is 0. The maximum Gasteiger partial charge on any atom is 0.311 e. The average Bonchev–Trinajstić information content (AvgIpc) is 2.37. The number of methoxy groups -OCH3 is 1. The fourth-order valence-corrected chi connectivity index (χ4v) is 2.33. The Morgan fingerprint density at radius 1 is 1.28 bits per heavy atom. The molecule has 0 saturated carbocycles. The number of ether oxygens (including phenoxy) is 1. The summed E-state index contributed by atoms with van der Waals surface area (Å²) < 4.78 is 5.13. The fourth-order valence-electron chi connectivity index (χ4n) is 2.33. The maximum absolute atomic E-state index is 11.5. The van der Waals surface area contributed by atoms with Crippen LogP contribution in [0.1, 0.15) is 31.7 Å². The van der Waals surface area contributed by atoms with E-state index in [1.165, 1.54) is 5.56 Å². The molecule has 1 atom stereocenters. The Bertz CT molecular complexity index is 353. The van der Waals surface area contributed by atoms with E-state index in [0.717, 1.165) is 12.8 Å². The van der Waals surface area contributed by atoms with Crippen LogP contribution in [0, 0.1) is 5.41 Å². The first-order valence-corrected chi connectivity index (χ1v) is 6.41. The number of hydrogen-bond acceptors (Lipinski definition) is 2. The number of hydrogen-bond donors (Lipinski definition) is 1. The van der Waals surface area contributed by atoms with Gasteiger partial charge in [-0.2, -0.15) is 0 Å². The van der Waals surface area contributed by atoms with E-state index >= 15 is 0 Å². The second-order valence-electron chi connectivity index (χ2n) is 4.75. The predicted molar refractivity (Wildman–Crippen MR) is 71.6 cm³/mol. The minimum absolute atomic E-state index is 0.281. The summed E-state index contributed by atoms with van der Waals surface area (Å²) in [5.41, 5.74) is 0.426. The summed E-state index contributed by atoms with van der Waals surface area (Å²) in [4.78, 5) is 11.5. The number of carboxylic acid groups (broad SMARTS) is 1. The Kier molecular flexibility index (Phi) is 5.86. The summed E-state index contributed by atoms with van der Waals surface area (Å²) in [6.07, 6.45) is 2.90. The van der Waals surface area contributed by atoms with E-state index in [4.69, 9.17) is 4.74 Å². The Labute approximate surface area is 109 Å². The molecule has 100 valence electrons. The summed E-state index contributed by atoms with van der Waals surface area (Å²) in [7, 11) is 1.57. The molecule has 0 spiro atoms. The highest BCUT2D eigenvalue weighted by atomic mass is 16.5. The molecule has 0 bridgehead atoms. The normalized spacial score (nSPS) is 14.1. The van der Waals surface area contributed by atoms with Crippen molar-refractivity contribution in [1.29, 1.82) is 0 Å². The average molecular weight is 250 g/mol. The van der Waals surface area contributed by atoms with Crippen LogP contribution in [0.5, 0.6) is 0 Å². The molecule has 3 heteroatoms. The van der Waals surface area contributed by atoms with Crippen LogP contribution in [-0.2, 0) is 16.0 Å². The third kappa shape index (κ3) is 3.84. The largest absolute Gasteiger partial charge is 0.481 e.